The van der Waals surface area contributed by atoms with Crippen LogP contribution < -0.4 is 0 Å². The zero-order valence-electron chi connectivity index (χ0n) is 44.4. The summed E-state index contributed by atoms with van der Waals surface area (Å²) in [6.07, 6.45) is 16.3. The first-order chi connectivity index (χ1) is 32.2. The van der Waals surface area contributed by atoms with Crippen LogP contribution in [0.4, 0.5) is 19.2 Å². The van der Waals surface area contributed by atoms with E-state index in [9.17, 15) is 38.7 Å². The molecule has 0 aromatic carbocycles. The number of rotatable bonds is 5. The van der Waals surface area contributed by atoms with Crippen molar-refractivity contribution >= 4 is 58.0 Å². The number of alkyl halides is 1. The number of hydrogen-bond donors (Lipinski definition) is 1. The van der Waals surface area contributed by atoms with Crippen LogP contribution in [0, 0.1) is 16.2 Å². The average molecular weight is 1050 g/mol. The van der Waals surface area contributed by atoms with Crippen molar-refractivity contribution in [3.63, 3.8) is 0 Å². The summed E-state index contributed by atoms with van der Waals surface area (Å²) >= 11 is 3.13. The van der Waals surface area contributed by atoms with E-state index in [4.69, 9.17) is 18.9 Å². The maximum Gasteiger partial charge on any atom is 0.417 e. The standard InChI is InChI=1S/C15H23NO3.C13H23NO3.C13H19NO3.C9H15NO3.C3H5Br/c1-6-8-15(9-7-2)10-11-16(12(15)17)13(18)19-14(3,4)5;1-12(2,3)17-11(16)14-7-6-13(9-14)5-4-10(15)8-13;1-12(2,3)17-11(16)14-9-8-13(10(14)15)6-4-5-7-13;1-9(2,3)13-8(12)10-6-4-5-7(10)11;1-2-3-4/h6-7H,1-2,8-11H2,3-5H3;10,15H,4-9H2,1-3H3;4-5H,6-9H2,1-3H3;4-6H2,1-3H3;2H,1,3H2. The Morgan fingerprint density at radius 3 is 1.49 bits per heavy atom. The fraction of sp³-hybridized carbons (Fsp3) is 0.717. The Balaban J connectivity index is 0.000000314. The molecule has 4 aliphatic heterocycles. The highest BCUT2D eigenvalue weighted by Gasteiger charge is 2.50. The lowest BCUT2D eigenvalue weighted by Gasteiger charge is -2.26. The molecule has 17 heteroatoms. The third-order valence-corrected chi connectivity index (χ3v) is 12.5. The van der Waals surface area contributed by atoms with Crippen molar-refractivity contribution in [1.29, 1.82) is 0 Å². The third kappa shape index (κ3) is 19.2. The second kappa shape index (κ2) is 25.7. The van der Waals surface area contributed by atoms with E-state index >= 15 is 0 Å². The highest BCUT2D eigenvalue weighted by molar-refractivity contribution is 9.09. The van der Waals surface area contributed by atoms with E-state index in [0.29, 0.717) is 45.3 Å². The van der Waals surface area contributed by atoms with E-state index in [1.807, 2.05) is 32.9 Å². The Labute approximate surface area is 426 Å². The molecule has 1 saturated carbocycles. The van der Waals surface area contributed by atoms with E-state index in [2.05, 4.69) is 35.7 Å². The number of nitrogens with zero attached hydrogens (tertiary/aromatic N) is 4. The van der Waals surface area contributed by atoms with Gasteiger partial charge >= 0.3 is 24.4 Å². The normalized spacial score (nSPS) is 22.2. The summed E-state index contributed by atoms with van der Waals surface area (Å²) in [5.74, 6) is -0.382. The molecule has 1 N–H and O–H groups in total. The van der Waals surface area contributed by atoms with Gasteiger partial charge in [0, 0.05) is 44.5 Å². The second-order valence-corrected chi connectivity index (χ2v) is 23.6. The first-order valence-corrected chi connectivity index (χ1v) is 25.7. The van der Waals surface area contributed by atoms with Gasteiger partial charge in [-0.2, -0.15) is 0 Å². The van der Waals surface area contributed by atoms with Crippen LogP contribution in [0.1, 0.15) is 160 Å². The number of aliphatic hydroxyl groups excluding tert-OH is 1. The summed E-state index contributed by atoms with van der Waals surface area (Å²) in [4.78, 5) is 88.4. The summed E-state index contributed by atoms with van der Waals surface area (Å²) in [5, 5.41) is 10.5. The van der Waals surface area contributed by atoms with Crippen LogP contribution in [0.15, 0.2) is 50.1 Å². The summed E-state index contributed by atoms with van der Waals surface area (Å²) in [6.45, 7) is 35.5. The predicted octanol–water partition coefficient (Wildman–Crippen LogP) is 11.1. The van der Waals surface area contributed by atoms with Crippen LogP contribution in [0.3, 0.4) is 0 Å². The van der Waals surface area contributed by atoms with Crippen molar-refractivity contribution in [2.75, 3.05) is 38.1 Å². The van der Waals surface area contributed by atoms with Crippen molar-refractivity contribution in [3.05, 3.63) is 50.1 Å². The molecule has 16 nitrogen and oxygen atoms in total. The van der Waals surface area contributed by atoms with Gasteiger partial charge in [-0.05, 0) is 159 Å². The maximum atomic E-state index is 12.5. The molecular weight excluding hydrogens is 965 g/mol. The monoisotopic (exact) mass is 1050 g/mol. The number of ether oxygens (including phenoxy) is 4. The van der Waals surface area contributed by atoms with Gasteiger partial charge in [-0.25, -0.2) is 33.9 Å². The van der Waals surface area contributed by atoms with Crippen molar-refractivity contribution < 1.29 is 57.6 Å². The molecule has 4 heterocycles. The van der Waals surface area contributed by atoms with E-state index in [1.165, 1.54) is 14.7 Å². The van der Waals surface area contributed by atoms with E-state index in [0.717, 1.165) is 69.8 Å². The molecular formula is C53H85BrN4O12. The summed E-state index contributed by atoms with van der Waals surface area (Å²) in [7, 11) is 0. The molecule has 2 spiro atoms. The van der Waals surface area contributed by atoms with Gasteiger partial charge < -0.3 is 29.0 Å². The van der Waals surface area contributed by atoms with Crippen LogP contribution in [0.25, 0.3) is 0 Å². The van der Waals surface area contributed by atoms with E-state index in [-0.39, 0.29) is 40.7 Å². The molecule has 0 radical (unpaired) electrons. The van der Waals surface area contributed by atoms with E-state index in [1.54, 1.807) is 85.4 Å². The largest absolute Gasteiger partial charge is 0.444 e. The Bertz CT molecular complexity index is 1890. The zero-order valence-corrected chi connectivity index (χ0v) is 46.0. The highest BCUT2D eigenvalue weighted by atomic mass is 79.9. The molecule has 2 unspecified atom stereocenters. The van der Waals surface area contributed by atoms with Crippen molar-refractivity contribution in [2.24, 2.45) is 16.2 Å². The van der Waals surface area contributed by atoms with Crippen molar-refractivity contribution in [2.45, 2.75) is 189 Å². The van der Waals surface area contributed by atoms with Gasteiger partial charge in [0.25, 0.3) is 0 Å². The van der Waals surface area contributed by atoms with Gasteiger partial charge in [-0.1, -0.05) is 46.3 Å². The number of carbonyl (C=O) groups excluding carboxylic acids is 7. The molecule has 6 rings (SSSR count). The number of hydrogen-bond acceptors (Lipinski definition) is 12. The Morgan fingerprint density at radius 2 is 1.09 bits per heavy atom. The molecule has 2 aliphatic carbocycles. The SMILES string of the molecule is C=CCBr.C=CCC1(CC=C)CCN(C(=O)OC(C)(C)C)C1=O.CC(C)(C)OC(=O)N1CCC2(CC=CC2)C1=O.CC(C)(C)OC(=O)N1CCC2(CCC(O)C2)C1.CC(C)(C)OC(=O)N1CCCC1=O. The first kappa shape index (κ1) is 61.6. The quantitative estimate of drug-likeness (QED) is 0.156. The number of aliphatic hydroxyl groups is 1. The molecule has 0 aromatic heterocycles. The molecule has 4 saturated heterocycles. The summed E-state index contributed by atoms with van der Waals surface area (Å²) in [5.41, 5.74) is -2.86. The lowest BCUT2D eigenvalue weighted by molar-refractivity contribution is -0.135. The summed E-state index contributed by atoms with van der Waals surface area (Å²) < 4.78 is 20.9. The lowest BCUT2D eigenvalue weighted by Crippen LogP contribution is -2.41. The second-order valence-electron chi connectivity index (χ2n) is 22.9. The molecule has 0 aromatic rings. The fourth-order valence-electron chi connectivity index (χ4n) is 8.84. The topological polar surface area (TPSA) is 190 Å². The molecule has 396 valence electrons. The minimum atomic E-state index is -0.598. The number of imide groups is 3. The lowest BCUT2D eigenvalue weighted by atomic mass is 9.80. The number of amides is 7. The summed E-state index contributed by atoms with van der Waals surface area (Å²) in [6, 6.07) is 0. The van der Waals surface area contributed by atoms with Crippen LogP contribution in [0.2, 0.25) is 0 Å². The van der Waals surface area contributed by atoms with Crippen molar-refractivity contribution in [3.8, 4) is 0 Å². The minimum absolute atomic E-state index is 0.0725. The van der Waals surface area contributed by atoms with Crippen LogP contribution >= 0.6 is 15.9 Å². The van der Waals surface area contributed by atoms with Crippen LogP contribution in [0.5, 0.6) is 0 Å². The maximum absolute atomic E-state index is 12.5. The fourth-order valence-corrected chi connectivity index (χ4v) is 8.84. The highest BCUT2D eigenvalue weighted by Crippen LogP contribution is 2.46. The molecule has 0 bridgehead atoms. The third-order valence-electron chi connectivity index (χ3n) is 12.1. The zero-order chi connectivity index (χ0) is 53.5. The van der Waals surface area contributed by atoms with Gasteiger partial charge in [0.2, 0.25) is 17.7 Å². The van der Waals surface area contributed by atoms with Gasteiger partial charge in [0.15, 0.2) is 0 Å². The smallest absolute Gasteiger partial charge is 0.417 e. The van der Waals surface area contributed by atoms with Gasteiger partial charge in [-0.3, -0.25) is 14.4 Å². The first-order valence-electron chi connectivity index (χ1n) is 24.5. The average Bonchev–Trinajstić information content (AvgIpc) is 4.09. The predicted molar refractivity (Wildman–Crippen MR) is 274 cm³/mol. The molecule has 6 aliphatic rings. The molecule has 7 amide bonds. The molecule has 5 fully saturated rings. The van der Waals surface area contributed by atoms with Gasteiger partial charge in [-0.15, -0.1) is 19.7 Å². The van der Waals surface area contributed by atoms with Crippen LogP contribution in [-0.2, 0) is 33.3 Å². The van der Waals surface area contributed by atoms with Crippen LogP contribution in [-0.4, -0.2) is 133 Å². The van der Waals surface area contributed by atoms with Gasteiger partial charge in [0.05, 0.1) is 16.9 Å². The Kier molecular flexibility index (Phi) is 22.7. The Hall–Kier alpha value is -4.51. The Morgan fingerprint density at radius 1 is 0.643 bits per heavy atom. The van der Waals surface area contributed by atoms with Gasteiger partial charge in [0.1, 0.15) is 22.4 Å². The minimum Gasteiger partial charge on any atom is -0.444 e. The number of allylic oxidation sites excluding steroid dienone is 5. The van der Waals surface area contributed by atoms with E-state index < -0.39 is 46.1 Å². The number of likely N-dealkylation sites (tertiary alicyclic amines) is 4. The number of halogens is 1. The molecule has 70 heavy (non-hydrogen) atoms. The number of carbonyl (C=O) groups is 7. The molecule has 2 atom stereocenters. The van der Waals surface area contributed by atoms with Crippen molar-refractivity contribution in [1.82, 2.24) is 19.6 Å².